The van der Waals surface area contributed by atoms with Gasteiger partial charge >= 0.3 is 6.01 Å². The van der Waals surface area contributed by atoms with Crippen LogP contribution in [0.25, 0.3) is 22.3 Å². The van der Waals surface area contributed by atoms with Crippen LogP contribution in [0, 0.1) is 17.0 Å². The summed E-state index contributed by atoms with van der Waals surface area (Å²) < 4.78 is 49.2. The zero-order valence-corrected chi connectivity index (χ0v) is 24.7. The Morgan fingerprint density at radius 3 is 2.63 bits per heavy atom. The number of ether oxygens (including phenoxy) is 3. The van der Waals surface area contributed by atoms with E-state index < -0.39 is 26.7 Å². The maximum atomic E-state index is 14.3. The quantitative estimate of drug-likeness (QED) is 0.233. The van der Waals surface area contributed by atoms with Crippen molar-refractivity contribution in [2.24, 2.45) is 0 Å². The second-order valence-corrected chi connectivity index (χ2v) is 12.4. The topological polar surface area (TPSA) is 152 Å². The van der Waals surface area contributed by atoms with E-state index in [0.29, 0.717) is 41.2 Å². The van der Waals surface area contributed by atoms with E-state index in [-0.39, 0.29) is 37.0 Å². The Kier molecular flexibility index (Phi) is 7.99. The highest BCUT2D eigenvalue weighted by atomic mass is 32.2. The van der Waals surface area contributed by atoms with Gasteiger partial charge in [0.1, 0.15) is 12.3 Å². The molecule has 0 spiro atoms. The monoisotopic (exact) mass is 608 g/mol. The average Bonchev–Trinajstić information content (AvgIpc) is 3.37. The number of rotatable bonds is 4. The van der Waals surface area contributed by atoms with Crippen LogP contribution in [-0.4, -0.2) is 65.6 Å². The number of benzene rings is 2. The van der Waals surface area contributed by atoms with Gasteiger partial charge in [0.05, 0.1) is 28.4 Å². The minimum atomic E-state index is -4.39. The van der Waals surface area contributed by atoms with E-state index in [2.05, 4.69) is 9.97 Å². The minimum absolute atomic E-state index is 0.190. The standard InChI is InChI=1S/C29H32N6O7S/c1-19-17-23-28-22-18-21(10-11-24(22)33(32-28)27-9-5-6-13-41-27)34(20(2)12-14-40-15-16-42-29(30-19)31-23)43(38,39)26-8-4-3-7-25(26)35(36)37/h3-4,7-8,10-11,17-18,20,27H,5-6,9,12-16H2,1-2H3/t20-,27?/m0/s1. The van der Waals surface area contributed by atoms with Crippen LogP contribution in [0.5, 0.6) is 6.01 Å². The molecule has 6 rings (SSSR count). The number of sulfonamides is 1. The molecule has 2 aliphatic rings. The van der Waals surface area contributed by atoms with Crippen molar-refractivity contribution < 1.29 is 27.6 Å². The van der Waals surface area contributed by atoms with Crippen molar-refractivity contribution in [1.82, 2.24) is 19.7 Å². The Labute approximate surface area is 248 Å². The number of anilines is 1. The van der Waals surface area contributed by atoms with Crippen molar-refractivity contribution in [1.29, 1.82) is 0 Å². The third-order valence-electron chi connectivity index (χ3n) is 7.59. The molecule has 0 radical (unpaired) electrons. The molecule has 13 nitrogen and oxygen atoms in total. The minimum Gasteiger partial charge on any atom is -0.461 e. The van der Waals surface area contributed by atoms with E-state index in [9.17, 15) is 18.5 Å². The van der Waals surface area contributed by atoms with Gasteiger partial charge in [-0.25, -0.2) is 18.1 Å². The maximum absolute atomic E-state index is 14.3. The SMILES string of the molecule is Cc1cc2nc(n1)OCCOCC[C@H](C)N(S(=O)(=O)c1ccccc1[N+](=O)[O-])c1ccc3c(c1)c-2nn3C1CCCCO1. The first-order chi connectivity index (χ1) is 20.7. The molecule has 1 fully saturated rings. The van der Waals surface area contributed by atoms with Crippen LogP contribution in [0.3, 0.4) is 0 Å². The predicted molar refractivity (Wildman–Crippen MR) is 157 cm³/mol. The lowest BCUT2D eigenvalue weighted by Crippen LogP contribution is -2.39. The number of nitro groups is 1. The third kappa shape index (κ3) is 5.65. The summed E-state index contributed by atoms with van der Waals surface area (Å²) in [5.41, 5.74) is 2.28. The number of nitrogens with zero attached hydrogens (tertiary/aromatic N) is 6. The van der Waals surface area contributed by atoms with Gasteiger partial charge in [-0.05, 0) is 69.9 Å². The second kappa shape index (κ2) is 11.9. The Bertz CT molecular complexity index is 1770. The van der Waals surface area contributed by atoms with E-state index in [1.807, 2.05) is 17.7 Å². The molecule has 4 aromatic rings. The molecule has 4 heterocycles. The number of aromatic nitrogens is 4. The summed E-state index contributed by atoms with van der Waals surface area (Å²) in [4.78, 5) is 19.8. The smallest absolute Gasteiger partial charge is 0.317 e. The van der Waals surface area contributed by atoms with E-state index in [1.54, 1.807) is 25.1 Å². The fourth-order valence-electron chi connectivity index (χ4n) is 5.55. The van der Waals surface area contributed by atoms with Crippen LogP contribution in [0.1, 0.15) is 44.5 Å². The average molecular weight is 609 g/mol. The number of fused-ring (bicyclic) bond motifs is 4. The van der Waals surface area contributed by atoms with Crippen LogP contribution in [0.4, 0.5) is 11.4 Å². The van der Waals surface area contributed by atoms with Crippen LogP contribution in [-0.2, 0) is 19.5 Å². The third-order valence-corrected chi connectivity index (χ3v) is 9.58. The lowest BCUT2D eigenvalue weighted by atomic mass is 10.1. The van der Waals surface area contributed by atoms with Gasteiger partial charge in [-0.1, -0.05) is 12.1 Å². The Morgan fingerprint density at radius 1 is 1.00 bits per heavy atom. The first kappa shape index (κ1) is 29.0. The highest BCUT2D eigenvalue weighted by Crippen LogP contribution is 2.38. The molecule has 0 N–H and O–H groups in total. The molecule has 0 aliphatic carbocycles. The number of aryl methyl sites for hydroxylation is 1. The zero-order valence-electron chi connectivity index (χ0n) is 23.9. The summed E-state index contributed by atoms with van der Waals surface area (Å²) >= 11 is 0. The van der Waals surface area contributed by atoms with Crippen LogP contribution < -0.4 is 9.04 Å². The van der Waals surface area contributed by atoms with Crippen LogP contribution in [0.15, 0.2) is 53.4 Å². The number of nitro benzene ring substituents is 1. The summed E-state index contributed by atoms with van der Waals surface area (Å²) in [7, 11) is -4.39. The van der Waals surface area contributed by atoms with Crippen molar-refractivity contribution in [2.45, 2.75) is 56.7 Å². The largest absolute Gasteiger partial charge is 0.461 e. The molecule has 2 aliphatic heterocycles. The van der Waals surface area contributed by atoms with Crippen molar-refractivity contribution in [3.63, 3.8) is 0 Å². The Hall–Kier alpha value is -4.14. The summed E-state index contributed by atoms with van der Waals surface area (Å²) in [6.45, 7) is 4.88. The van der Waals surface area contributed by atoms with Gasteiger partial charge in [0.25, 0.3) is 15.7 Å². The fourth-order valence-corrected chi connectivity index (χ4v) is 7.39. The lowest BCUT2D eigenvalue weighted by molar-refractivity contribution is -0.387. The van der Waals surface area contributed by atoms with Gasteiger partial charge in [0.15, 0.2) is 11.1 Å². The molecule has 0 saturated carbocycles. The van der Waals surface area contributed by atoms with Crippen molar-refractivity contribution in [3.8, 4) is 17.4 Å². The van der Waals surface area contributed by atoms with Crippen LogP contribution >= 0.6 is 0 Å². The highest BCUT2D eigenvalue weighted by Gasteiger charge is 2.35. The number of hydrogen-bond donors (Lipinski definition) is 0. The molecule has 226 valence electrons. The van der Waals surface area contributed by atoms with Crippen molar-refractivity contribution in [2.75, 3.05) is 30.7 Å². The van der Waals surface area contributed by atoms with E-state index in [4.69, 9.17) is 19.3 Å². The summed E-state index contributed by atoms with van der Waals surface area (Å²) in [6.07, 6.45) is 2.78. The van der Waals surface area contributed by atoms with Crippen LogP contribution in [0.2, 0.25) is 0 Å². The van der Waals surface area contributed by atoms with E-state index in [1.165, 1.54) is 28.6 Å². The normalized spacial score (nSPS) is 19.9. The predicted octanol–water partition coefficient (Wildman–Crippen LogP) is 4.79. The van der Waals surface area contributed by atoms with Gasteiger partial charge < -0.3 is 14.2 Å². The molecule has 1 saturated heterocycles. The molecule has 0 amide bonds. The zero-order chi connectivity index (χ0) is 30.1. The highest BCUT2D eigenvalue weighted by molar-refractivity contribution is 7.93. The first-order valence-electron chi connectivity index (χ1n) is 14.2. The Balaban J connectivity index is 1.59. The van der Waals surface area contributed by atoms with E-state index >= 15 is 0 Å². The van der Waals surface area contributed by atoms with Crippen molar-refractivity contribution in [3.05, 3.63) is 64.3 Å². The molecule has 4 bridgehead atoms. The molecule has 2 aromatic carbocycles. The van der Waals surface area contributed by atoms with Gasteiger partial charge in [0.2, 0.25) is 0 Å². The number of para-hydroxylation sites is 1. The molecule has 2 aromatic heterocycles. The van der Waals surface area contributed by atoms with Gasteiger partial charge in [-0.3, -0.25) is 14.4 Å². The summed E-state index contributed by atoms with van der Waals surface area (Å²) in [6, 6.07) is 12.0. The van der Waals surface area contributed by atoms with Gasteiger partial charge in [-0.2, -0.15) is 10.1 Å². The first-order valence-corrected chi connectivity index (χ1v) is 15.7. The van der Waals surface area contributed by atoms with Crippen molar-refractivity contribution >= 4 is 32.3 Å². The molecule has 2 atom stereocenters. The fraction of sp³-hybridized carbons (Fsp3) is 0.414. The molecule has 1 unspecified atom stereocenters. The molecular weight excluding hydrogens is 576 g/mol. The maximum Gasteiger partial charge on any atom is 0.317 e. The summed E-state index contributed by atoms with van der Waals surface area (Å²) in [5.74, 6) is 0. The molecule has 43 heavy (non-hydrogen) atoms. The molecular formula is C29H32N6O7S. The van der Waals surface area contributed by atoms with Gasteiger partial charge in [0, 0.05) is 36.4 Å². The van der Waals surface area contributed by atoms with Gasteiger partial charge in [-0.15, -0.1) is 0 Å². The lowest BCUT2D eigenvalue weighted by Gasteiger charge is -2.30. The van der Waals surface area contributed by atoms with E-state index in [0.717, 1.165) is 24.8 Å². The molecule has 14 heteroatoms. The summed E-state index contributed by atoms with van der Waals surface area (Å²) in [5, 5.41) is 17.5. The number of hydrogen-bond acceptors (Lipinski definition) is 10. The second-order valence-electron chi connectivity index (χ2n) is 10.6. The Morgan fingerprint density at radius 2 is 1.84 bits per heavy atom.